The molecule has 0 spiro atoms. The molecular formula is C16H11Cl2N5S. The number of nitrogens with zero attached hydrogens (tertiary/aromatic N) is 4. The highest BCUT2D eigenvalue weighted by Gasteiger charge is 2.15. The summed E-state index contributed by atoms with van der Waals surface area (Å²) in [5, 5.41) is 6.96. The van der Waals surface area contributed by atoms with Gasteiger partial charge in [0.05, 0.1) is 27.1 Å². The van der Waals surface area contributed by atoms with Gasteiger partial charge < -0.3 is 5.32 Å². The first-order chi connectivity index (χ1) is 11.6. The molecule has 0 aliphatic heterocycles. The van der Waals surface area contributed by atoms with Crippen LogP contribution in [-0.2, 0) is 0 Å². The number of aryl methyl sites for hydroxylation is 1. The molecule has 1 N–H and O–H groups in total. The van der Waals surface area contributed by atoms with Gasteiger partial charge in [0.25, 0.3) is 0 Å². The van der Waals surface area contributed by atoms with Crippen molar-refractivity contribution < 1.29 is 0 Å². The lowest BCUT2D eigenvalue weighted by Gasteiger charge is -2.07. The average Bonchev–Trinajstić information content (AvgIpc) is 3.14. The number of aromatic nitrogens is 4. The fourth-order valence-corrected chi connectivity index (χ4v) is 3.66. The van der Waals surface area contributed by atoms with Gasteiger partial charge in [-0.3, -0.25) is 4.40 Å². The Balaban J connectivity index is 1.74. The number of fused-ring (bicyclic) bond motifs is 1. The van der Waals surface area contributed by atoms with Crippen molar-refractivity contribution in [3.8, 4) is 11.4 Å². The number of imidazole rings is 1. The second-order valence-electron chi connectivity index (χ2n) is 5.10. The maximum Gasteiger partial charge on any atom is 0.234 e. The van der Waals surface area contributed by atoms with Crippen LogP contribution in [0, 0.1) is 6.92 Å². The van der Waals surface area contributed by atoms with Crippen molar-refractivity contribution in [1.82, 2.24) is 19.4 Å². The highest BCUT2D eigenvalue weighted by atomic mass is 35.5. The molecule has 1 aromatic carbocycles. The Kier molecular flexibility index (Phi) is 3.88. The number of para-hydroxylation sites is 1. The molecule has 8 heteroatoms. The van der Waals surface area contributed by atoms with Gasteiger partial charge in [-0.2, -0.15) is 0 Å². The Morgan fingerprint density at radius 1 is 1.12 bits per heavy atom. The van der Waals surface area contributed by atoms with E-state index in [1.807, 2.05) is 29.0 Å². The molecule has 0 aliphatic carbocycles. The van der Waals surface area contributed by atoms with E-state index in [2.05, 4.69) is 20.3 Å². The van der Waals surface area contributed by atoms with Gasteiger partial charge in [-0.1, -0.05) is 29.3 Å². The van der Waals surface area contributed by atoms with Gasteiger partial charge in [0.1, 0.15) is 5.69 Å². The first-order valence-corrected chi connectivity index (χ1v) is 8.73. The van der Waals surface area contributed by atoms with Crippen LogP contribution < -0.4 is 5.32 Å². The molecule has 0 atom stereocenters. The summed E-state index contributed by atoms with van der Waals surface area (Å²) in [5.41, 5.74) is 3.27. The predicted octanol–water partition coefficient (Wildman–Crippen LogP) is 5.21. The van der Waals surface area contributed by atoms with Crippen LogP contribution in [0.15, 0.2) is 42.0 Å². The minimum atomic E-state index is 0.550. The van der Waals surface area contributed by atoms with Crippen LogP contribution in [0.1, 0.15) is 5.69 Å². The van der Waals surface area contributed by atoms with Gasteiger partial charge in [0, 0.05) is 17.8 Å². The molecule has 4 aromatic rings. The molecule has 3 aromatic heterocycles. The Morgan fingerprint density at radius 2 is 1.92 bits per heavy atom. The molecule has 0 radical (unpaired) electrons. The molecule has 0 fully saturated rings. The van der Waals surface area contributed by atoms with Gasteiger partial charge in [0.15, 0.2) is 5.13 Å². The summed E-state index contributed by atoms with van der Waals surface area (Å²) in [4.78, 5) is 13.4. The van der Waals surface area contributed by atoms with Crippen molar-refractivity contribution in [3.05, 3.63) is 57.8 Å². The summed E-state index contributed by atoms with van der Waals surface area (Å²) < 4.78 is 1.93. The molecular weight excluding hydrogens is 365 g/mol. The Bertz CT molecular complexity index is 1020. The second kappa shape index (κ2) is 6.05. The quantitative estimate of drug-likeness (QED) is 0.533. The fraction of sp³-hybridized carbons (Fsp3) is 0.0625. The van der Waals surface area contributed by atoms with Crippen LogP contribution in [0.3, 0.4) is 0 Å². The first-order valence-electron chi connectivity index (χ1n) is 7.10. The average molecular weight is 376 g/mol. The van der Waals surface area contributed by atoms with Gasteiger partial charge in [-0.25, -0.2) is 15.0 Å². The topological polar surface area (TPSA) is 55.1 Å². The van der Waals surface area contributed by atoms with Gasteiger partial charge >= 0.3 is 0 Å². The Morgan fingerprint density at radius 3 is 2.71 bits per heavy atom. The third kappa shape index (κ3) is 2.62. The summed E-state index contributed by atoms with van der Waals surface area (Å²) in [7, 11) is 0. The normalized spacial score (nSPS) is 11.1. The summed E-state index contributed by atoms with van der Waals surface area (Å²) >= 11 is 13.9. The van der Waals surface area contributed by atoms with E-state index in [9.17, 15) is 0 Å². The molecule has 24 heavy (non-hydrogen) atoms. The van der Waals surface area contributed by atoms with Crippen LogP contribution in [0.5, 0.6) is 0 Å². The van der Waals surface area contributed by atoms with Gasteiger partial charge in [-0.15, -0.1) is 11.3 Å². The summed E-state index contributed by atoms with van der Waals surface area (Å²) in [6.07, 6.45) is 3.65. The lowest BCUT2D eigenvalue weighted by atomic mass is 10.3. The molecule has 3 heterocycles. The fourth-order valence-electron chi connectivity index (χ4n) is 2.47. The smallest absolute Gasteiger partial charge is 0.234 e. The maximum absolute atomic E-state index is 6.20. The van der Waals surface area contributed by atoms with E-state index in [4.69, 9.17) is 23.2 Å². The monoisotopic (exact) mass is 375 g/mol. The standard InChI is InChI=1S/C16H11Cl2N5S/c1-9-14(23-7-3-6-19-15(23)20-9)12-8-24-16(21-12)22-13-10(17)4-2-5-11(13)18/h2-8H,1H3,(H,21,22). The van der Waals surface area contributed by atoms with E-state index in [-0.39, 0.29) is 0 Å². The third-order valence-electron chi connectivity index (χ3n) is 3.52. The third-order valence-corrected chi connectivity index (χ3v) is 4.91. The first kappa shape index (κ1) is 15.4. The van der Waals surface area contributed by atoms with Crippen LogP contribution >= 0.6 is 34.5 Å². The molecule has 0 saturated carbocycles. The highest BCUT2D eigenvalue weighted by molar-refractivity contribution is 7.14. The van der Waals surface area contributed by atoms with Crippen LogP contribution in [0.25, 0.3) is 17.2 Å². The van der Waals surface area contributed by atoms with Crippen molar-refractivity contribution >= 4 is 51.1 Å². The van der Waals surface area contributed by atoms with E-state index >= 15 is 0 Å². The van der Waals surface area contributed by atoms with Crippen molar-refractivity contribution in [1.29, 1.82) is 0 Å². The van der Waals surface area contributed by atoms with Crippen molar-refractivity contribution in [2.24, 2.45) is 0 Å². The summed E-state index contributed by atoms with van der Waals surface area (Å²) in [6, 6.07) is 7.24. The SMILES string of the molecule is Cc1nc2ncccn2c1-c1csc(Nc2c(Cl)cccc2Cl)n1. The zero-order valence-corrected chi connectivity index (χ0v) is 14.8. The number of hydrogen-bond acceptors (Lipinski definition) is 5. The number of benzene rings is 1. The number of nitrogens with one attached hydrogen (secondary N) is 1. The minimum Gasteiger partial charge on any atom is -0.329 e. The number of thiazole rings is 1. The van der Waals surface area contributed by atoms with Crippen molar-refractivity contribution in [3.63, 3.8) is 0 Å². The lowest BCUT2D eigenvalue weighted by Crippen LogP contribution is -1.93. The largest absolute Gasteiger partial charge is 0.329 e. The summed E-state index contributed by atoms with van der Waals surface area (Å²) in [6.45, 7) is 1.95. The predicted molar refractivity (Wildman–Crippen MR) is 98.6 cm³/mol. The molecule has 0 amide bonds. The van der Waals surface area contributed by atoms with Gasteiger partial charge in [0.2, 0.25) is 5.78 Å². The van der Waals surface area contributed by atoms with E-state index < -0.39 is 0 Å². The molecule has 5 nitrogen and oxygen atoms in total. The van der Waals surface area contributed by atoms with E-state index in [0.29, 0.717) is 26.6 Å². The minimum absolute atomic E-state index is 0.550. The Hall–Kier alpha value is -2.15. The molecule has 0 bridgehead atoms. The highest BCUT2D eigenvalue weighted by Crippen LogP contribution is 2.35. The lowest BCUT2D eigenvalue weighted by molar-refractivity contribution is 1.11. The zero-order valence-electron chi connectivity index (χ0n) is 12.5. The number of rotatable bonds is 3. The van der Waals surface area contributed by atoms with Crippen LogP contribution in [0.2, 0.25) is 10.0 Å². The molecule has 120 valence electrons. The van der Waals surface area contributed by atoms with Crippen molar-refractivity contribution in [2.75, 3.05) is 5.32 Å². The maximum atomic E-state index is 6.20. The molecule has 0 unspecified atom stereocenters. The van der Waals surface area contributed by atoms with Crippen LogP contribution in [0.4, 0.5) is 10.8 Å². The second-order valence-corrected chi connectivity index (χ2v) is 6.77. The van der Waals surface area contributed by atoms with E-state index in [1.165, 1.54) is 11.3 Å². The molecule has 0 saturated heterocycles. The Labute approximate surface area is 151 Å². The van der Waals surface area contributed by atoms with E-state index in [0.717, 1.165) is 17.1 Å². The van der Waals surface area contributed by atoms with Gasteiger partial charge in [-0.05, 0) is 25.1 Å². The number of halogens is 2. The number of anilines is 2. The zero-order chi connectivity index (χ0) is 16.7. The van der Waals surface area contributed by atoms with Crippen molar-refractivity contribution in [2.45, 2.75) is 6.92 Å². The van der Waals surface area contributed by atoms with E-state index in [1.54, 1.807) is 24.4 Å². The number of hydrogen-bond donors (Lipinski definition) is 1. The summed E-state index contributed by atoms with van der Waals surface area (Å²) in [5.74, 6) is 0.654. The van der Waals surface area contributed by atoms with Crippen LogP contribution in [-0.4, -0.2) is 19.4 Å². The molecule has 4 rings (SSSR count). The molecule has 0 aliphatic rings.